The fraction of sp³-hybridized carbons (Fsp3) is 0.200. The van der Waals surface area contributed by atoms with Gasteiger partial charge in [0.05, 0.1) is 22.1 Å². The van der Waals surface area contributed by atoms with Gasteiger partial charge in [-0.2, -0.15) is 5.10 Å². The van der Waals surface area contributed by atoms with Crippen molar-refractivity contribution in [3.05, 3.63) is 57.9 Å². The average Bonchev–Trinajstić information content (AvgIpc) is 3.15. The first-order valence-corrected chi connectivity index (χ1v) is 7.60. The van der Waals surface area contributed by atoms with Gasteiger partial charge in [-0.25, -0.2) is 0 Å². The summed E-state index contributed by atoms with van der Waals surface area (Å²) >= 11 is 5.91. The third-order valence-corrected chi connectivity index (χ3v) is 3.99. The molecule has 116 valence electrons. The van der Waals surface area contributed by atoms with E-state index in [4.69, 9.17) is 11.6 Å². The Morgan fingerprint density at radius 2 is 2.04 bits per heavy atom. The predicted octanol–water partition coefficient (Wildman–Crippen LogP) is 1.96. The minimum atomic E-state index is -0.0586. The van der Waals surface area contributed by atoms with Crippen molar-refractivity contribution in [3.63, 3.8) is 0 Å². The molecule has 0 saturated heterocycles. The molecular formula is C15H13ClN6O. The number of para-hydroxylation sites is 1. The van der Waals surface area contributed by atoms with E-state index in [1.54, 1.807) is 21.6 Å². The molecule has 4 aromatic rings. The normalized spacial score (nSPS) is 11.6. The standard InChI is InChI=1S/C15H13ClN6O/c1-2-21-14(23)11-5-3-4-6-12(11)22-13(18-19-15(21)22)9-20-8-10(16)7-17-20/h3-8H,2,9H2,1H3. The van der Waals surface area contributed by atoms with Crippen LogP contribution in [0.4, 0.5) is 0 Å². The van der Waals surface area contributed by atoms with Gasteiger partial charge in [-0.1, -0.05) is 23.7 Å². The fourth-order valence-electron chi connectivity index (χ4n) is 2.77. The molecule has 4 rings (SSSR count). The largest absolute Gasteiger partial charge is 0.277 e. The molecule has 0 unspecified atom stereocenters. The van der Waals surface area contributed by atoms with E-state index in [0.717, 1.165) is 5.52 Å². The lowest BCUT2D eigenvalue weighted by atomic mass is 10.2. The number of nitrogens with zero attached hydrogens (tertiary/aromatic N) is 6. The SMILES string of the molecule is CCn1c(=O)c2ccccc2n2c(Cn3cc(Cl)cn3)nnc12. The van der Waals surface area contributed by atoms with E-state index < -0.39 is 0 Å². The van der Waals surface area contributed by atoms with Crippen molar-refractivity contribution < 1.29 is 0 Å². The van der Waals surface area contributed by atoms with Gasteiger partial charge in [-0.3, -0.25) is 18.4 Å². The summed E-state index contributed by atoms with van der Waals surface area (Å²) < 4.78 is 5.21. The van der Waals surface area contributed by atoms with Crippen LogP contribution in [0.15, 0.2) is 41.5 Å². The van der Waals surface area contributed by atoms with Crippen LogP contribution in [0.25, 0.3) is 16.7 Å². The Morgan fingerprint density at radius 1 is 1.22 bits per heavy atom. The molecule has 1 aromatic carbocycles. The molecule has 0 amide bonds. The van der Waals surface area contributed by atoms with E-state index in [1.807, 2.05) is 35.6 Å². The highest BCUT2D eigenvalue weighted by Gasteiger charge is 2.15. The molecule has 7 nitrogen and oxygen atoms in total. The first kappa shape index (κ1) is 14.0. The molecule has 0 aliphatic carbocycles. The van der Waals surface area contributed by atoms with Gasteiger partial charge in [0, 0.05) is 12.7 Å². The van der Waals surface area contributed by atoms with Crippen molar-refractivity contribution in [2.75, 3.05) is 0 Å². The number of rotatable bonds is 3. The Morgan fingerprint density at radius 3 is 2.78 bits per heavy atom. The monoisotopic (exact) mass is 328 g/mol. The summed E-state index contributed by atoms with van der Waals surface area (Å²) in [5.41, 5.74) is 0.729. The van der Waals surface area contributed by atoms with Crippen molar-refractivity contribution in [3.8, 4) is 0 Å². The molecule has 0 aliphatic heterocycles. The molecule has 0 aliphatic rings. The molecule has 23 heavy (non-hydrogen) atoms. The average molecular weight is 329 g/mol. The Balaban J connectivity index is 2.03. The number of aromatic nitrogens is 6. The van der Waals surface area contributed by atoms with Gasteiger partial charge in [-0.05, 0) is 19.1 Å². The number of hydrogen-bond acceptors (Lipinski definition) is 4. The number of benzene rings is 1. The lowest BCUT2D eigenvalue weighted by Crippen LogP contribution is -2.22. The zero-order valence-electron chi connectivity index (χ0n) is 12.3. The number of fused-ring (bicyclic) bond motifs is 3. The summed E-state index contributed by atoms with van der Waals surface area (Å²) in [6.45, 7) is 2.86. The summed E-state index contributed by atoms with van der Waals surface area (Å²) in [6, 6.07) is 7.46. The lowest BCUT2D eigenvalue weighted by molar-refractivity contribution is 0.650. The third-order valence-electron chi connectivity index (χ3n) is 3.80. The minimum absolute atomic E-state index is 0.0586. The van der Waals surface area contributed by atoms with E-state index in [2.05, 4.69) is 15.3 Å². The summed E-state index contributed by atoms with van der Waals surface area (Å²) in [5.74, 6) is 1.22. The maximum Gasteiger partial charge on any atom is 0.262 e. The van der Waals surface area contributed by atoms with Crippen LogP contribution < -0.4 is 5.56 Å². The van der Waals surface area contributed by atoms with Gasteiger partial charge in [0.2, 0.25) is 5.78 Å². The maximum atomic E-state index is 12.6. The number of aryl methyl sites for hydroxylation is 1. The van der Waals surface area contributed by atoms with Crippen LogP contribution in [0, 0.1) is 0 Å². The van der Waals surface area contributed by atoms with E-state index in [9.17, 15) is 4.79 Å². The van der Waals surface area contributed by atoms with Crippen LogP contribution in [0.3, 0.4) is 0 Å². The molecular weight excluding hydrogens is 316 g/mol. The number of halogens is 1. The lowest BCUT2D eigenvalue weighted by Gasteiger charge is -2.09. The first-order valence-electron chi connectivity index (χ1n) is 7.22. The molecule has 0 fully saturated rings. The second-order valence-electron chi connectivity index (χ2n) is 5.17. The molecule has 0 saturated carbocycles. The maximum absolute atomic E-state index is 12.6. The Labute approximate surface area is 135 Å². The highest BCUT2D eigenvalue weighted by molar-refractivity contribution is 6.30. The van der Waals surface area contributed by atoms with Gasteiger partial charge in [-0.15, -0.1) is 10.2 Å². The molecule has 0 atom stereocenters. The van der Waals surface area contributed by atoms with Gasteiger partial charge >= 0.3 is 0 Å². The first-order chi connectivity index (χ1) is 11.2. The Hall–Kier alpha value is -2.67. The molecule has 0 N–H and O–H groups in total. The third kappa shape index (κ3) is 2.12. The van der Waals surface area contributed by atoms with Gasteiger partial charge in [0.1, 0.15) is 6.54 Å². The van der Waals surface area contributed by atoms with Gasteiger partial charge < -0.3 is 0 Å². The van der Waals surface area contributed by atoms with E-state index in [0.29, 0.717) is 35.1 Å². The van der Waals surface area contributed by atoms with Crippen LogP contribution in [-0.2, 0) is 13.1 Å². The highest BCUT2D eigenvalue weighted by Crippen LogP contribution is 2.15. The van der Waals surface area contributed by atoms with Crippen molar-refractivity contribution in [1.29, 1.82) is 0 Å². The fourth-order valence-corrected chi connectivity index (χ4v) is 2.93. The topological polar surface area (TPSA) is 70.0 Å². The molecule has 8 heteroatoms. The van der Waals surface area contributed by atoms with E-state index in [-0.39, 0.29) is 5.56 Å². The van der Waals surface area contributed by atoms with Crippen molar-refractivity contribution >= 4 is 28.3 Å². The Bertz CT molecular complexity index is 1080. The predicted molar refractivity (Wildman–Crippen MR) is 86.8 cm³/mol. The summed E-state index contributed by atoms with van der Waals surface area (Å²) in [7, 11) is 0. The van der Waals surface area contributed by atoms with Crippen LogP contribution in [0.1, 0.15) is 12.7 Å². The Kier molecular flexibility index (Phi) is 3.16. The summed E-state index contributed by atoms with van der Waals surface area (Å²) in [4.78, 5) is 12.6. The van der Waals surface area contributed by atoms with Crippen LogP contribution in [-0.4, -0.2) is 28.9 Å². The minimum Gasteiger partial charge on any atom is -0.277 e. The van der Waals surface area contributed by atoms with Crippen LogP contribution >= 0.6 is 11.6 Å². The van der Waals surface area contributed by atoms with Crippen molar-refractivity contribution in [2.45, 2.75) is 20.0 Å². The molecule has 3 aromatic heterocycles. The zero-order chi connectivity index (χ0) is 16.0. The van der Waals surface area contributed by atoms with Crippen molar-refractivity contribution in [2.24, 2.45) is 0 Å². The van der Waals surface area contributed by atoms with E-state index >= 15 is 0 Å². The second kappa shape index (κ2) is 5.20. The molecule has 0 spiro atoms. The second-order valence-corrected chi connectivity index (χ2v) is 5.61. The van der Waals surface area contributed by atoms with Crippen LogP contribution in [0.2, 0.25) is 5.02 Å². The summed E-state index contributed by atoms with van der Waals surface area (Å²) in [6.07, 6.45) is 3.30. The molecule has 0 radical (unpaired) electrons. The number of hydrogen-bond donors (Lipinski definition) is 0. The zero-order valence-corrected chi connectivity index (χ0v) is 13.1. The molecule has 0 bridgehead atoms. The van der Waals surface area contributed by atoms with E-state index in [1.165, 1.54) is 0 Å². The van der Waals surface area contributed by atoms with Gasteiger partial charge in [0.15, 0.2) is 5.82 Å². The highest BCUT2D eigenvalue weighted by atomic mass is 35.5. The van der Waals surface area contributed by atoms with Gasteiger partial charge in [0.25, 0.3) is 5.56 Å². The van der Waals surface area contributed by atoms with Crippen LogP contribution in [0.5, 0.6) is 0 Å². The van der Waals surface area contributed by atoms with Crippen molar-refractivity contribution in [1.82, 2.24) is 28.9 Å². The quantitative estimate of drug-likeness (QED) is 0.576. The molecule has 3 heterocycles. The summed E-state index contributed by atoms with van der Waals surface area (Å²) in [5, 5.41) is 13.8. The smallest absolute Gasteiger partial charge is 0.262 e.